The molecule has 0 atom stereocenters. The normalized spacial score (nSPS) is 10.7. The molecule has 9 nitrogen and oxygen atoms in total. The first kappa shape index (κ1) is 14.7. The van der Waals surface area contributed by atoms with Gasteiger partial charge in [-0.05, 0) is 19.9 Å². The maximum Gasteiger partial charge on any atom is 0.322 e. The third kappa shape index (κ3) is 2.76. The summed E-state index contributed by atoms with van der Waals surface area (Å²) in [5.74, 6) is -0.538. The Bertz CT molecular complexity index is 715. The van der Waals surface area contributed by atoms with E-state index in [-0.39, 0.29) is 23.6 Å². The Hall–Kier alpha value is -2.71. The smallest absolute Gasteiger partial charge is 0.322 e. The van der Waals surface area contributed by atoms with Crippen LogP contribution in [-0.2, 0) is 20.6 Å². The van der Waals surface area contributed by atoms with E-state index in [1.165, 1.54) is 18.7 Å². The topological polar surface area (TPSA) is 108 Å². The molecule has 2 rings (SSSR count). The molecular weight excluding hydrogens is 276 g/mol. The van der Waals surface area contributed by atoms with Crippen molar-refractivity contribution in [3.8, 4) is 0 Å². The number of nitrogens with one attached hydrogen (secondary N) is 1. The zero-order chi connectivity index (χ0) is 15.7. The van der Waals surface area contributed by atoms with Gasteiger partial charge in [0.05, 0.1) is 22.9 Å². The number of rotatable bonds is 4. The molecule has 21 heavy (non-hydrogen) atoms. The lowest BCUT2D eigenvalue weighted by atomic mass is 10.3. The average molecular weight is 292 g/mol. The summed E-state index contributed by atoms with van der Waals surface area (Å²) in [6.45, 7) is 3.58. The monoisotopic (exact) mass is 292 g/mol. The van der Waals surface area contributed by atoms with Crippen molar-refractivity contribution in [3.05, 3.63) is 39.0 Å². The van der Waals surface area contributed by atoms with Gasteiger partial charge >= 0.3 is 5.69 Å². The van der Waals surface area contributed by atoms with E-state index in [1.807, 2.05) is 13.0 Å². The van der Waals surface area contributed by atoms with Gasteiger partial charge in [-0.15, -0.1) is 0 Å². The number of hydrogen-bond donors (Lipinski definition) is 1. The molecule has 1 N–H and O–H groups in total. The van der Waals surface area contributed by atoms with Crippen LogP contribution in [0.25, 0.3) is 0 Å². The van der Waals surface area contributed by atoms with E-state index >= 15 is 0 Å². The van der Waals surface area contributed by atoms with E-state index in [2.05, 4.69) is 15.5 Å². The van der Waals surface area contributed by atoms with Gasteiger partial charge in [0.1, 0.15) is 5.69 Å². The summed E-state index contributed by atoms with van der Waals surface area (Å²) in [7, 11) is 3.27. The number of aromatic nitrogens is 4. The van der Waals surface area contributed by atoms with Crippen LogP contribution in [0.3, 0.4) is 0 Å². The first-order valence-electron chi connectivity index (χ1n) is 6.27. The van der Waals surface area contributed by atoms with Gasteiger partial charge < -0.3 is 5.32 Å². The van der Waals surface area contributed by atoms with Crippen LogP contribution in [0.2, 0.25) is 0 Å². The SMILES string of the molecule is Cc1cc(CNC(=O)c2c([N+](=O)[O-])c(C)nn2C)n(C)n1. The second-order valence-electron chi connectivity index (χ2n) is 4.75. The predicted molar refractivity (Wildman–Crippen MR) is 73.7 cm³/mol. The molecule has 0 bridgehead atoms. The molecule has 9 heteroatoms. The largest absolute Gasteiger partial charge is 0.345 e. The molecule has 2 heterocycles. The predicted octanol–water partition coefficient (Wildman–Crippen LogP) is 0.609. The molecule has 2 aromatic heterocycles. The Kier molecular flexibility index (Phi) is 3.74. The zero-order valence-corrected chi connectivity index (χ0v) is 12.2. The molecule has 0 fully saturated rings. The first-order chi connectivity index (χ1) is 9.81. The highest BCUT2D eigenvalue weighted by atomic mass is 16.6. The fourth-order valence-corrected chi connectivity index (χ4v) is 2.20. The Labute approximate surface area is 120 Å². The van der Waals surface area contributed by atoms with Gasteiger partial charge in [0.25, 0.3) is 5.91 Å². The second-order valence-corrected chi connectivity index (χ2v) is 4.75. The Morgan fingerprint density at radius 2 is 2.00 bits per heavy atom. The summed E-state index contributed by atoms with van der Waals surface area (Å²) in [6.07, 6.45) is 0. The Balaban J connectivity index is 2.21. The molecule has 1 amide bonds. The first-order valence-corrected chi connectivity index (χ1v) is 6.27. The number of hydrogen-bond acceptors (Lipinski definition) is 5. The van der Waals surface area contributed by atoms with Crippen LogP contribution < -0.4 is 5.32 Å². The average Bonchev–Trinajstić information content (AvgIpc) is 2.85. The molecule has 0 aliphatic rings. The van der Waals surface area contributed by atoms with Crippen molar-refractivity contribution >= 4 is 11.6 Å². The Morgan fingerprint density at radius 3 is 2.52 bits per heavy atom. The highest BCUT2D eigenvalue weighted by molar-refractivity contribution is 5.96. The van der Waals surface area contributed by atoms with E-state index in [9.17, 15) is 14.9 Å². The molecular formula is C12H16N6O3. The number of nitro groups is 1. The molecule has 0 saturated heterocycles. The van der Waals surface area contributed by atoms with Gasteiger partial charge in [-0.25, -0.2) is 0 Å². The molecule has 0 spiro atoms. The molecule has 0 unspecified atom stereocenters. The third-order valence-corrected chi connectivity index (χ3v) is 3.12. The minimum atomic E-state index is -0.592. The van der Waals surface area contributed by atoms with Crippen molar-refractivity contribution in [1.29, 1.82) is 0 Å². The lowest BCUT2D eigenvalue weighted by molar-refractivity contribution is -0.385. The van der Waals surface area contributed by atoms with E-state index in [4.69, 9.17) is 0 Å². The van der Waals surface area contributed by atoms with Gasteiger partial charge in [0, 0.05) is 14.1 Å². The van der Waals surface area contributed by atoms with Crippen LogP contribution in [-0.4, -0.2) is 30.4 Å². The standard InChI is InChI=1S/C12H16N6O3/c1-7-5-9(16(3)14-7)6-13-12(19)11-10(18(20)21)8(2)15-17(11)4/h5H,6H2,1-4H3,(H,13,19). The lowest BCUT2D eigenvalue weighted by Crippen LogP contribution is -2.26. The molecule has 0 radical (unpaired) electrons. The highest BCUT2D eigenvalue weighted by Gasteiger charge is 2.29. The zero-order valence-electron chi connectivity index (χ0n) is 12.2. The van der Waals surface area contributed by atoms with Crippen LogP contribution in [0.1, 0.15) is 27.6 Å². The minimum Gasteiger partial charge on any atom is -0.345 e. The quantitative estimate of drug-likeness (QED) is 0.656. The summed E-state index contributed by atoms with van der Waals surface area (Å²) >= 11 is 0. The summed E-state index contributed by atoms with van der Waals surface area (Å²) in [4.78, 5) is 22.6. The maximum absolute atomic E-state index is 12.2. The second kappa shape index (κ2) is 5.35. The third-order valence-electron chi connectivity index (χ3n) is 3.12. The lowest BCUT2D eigenvalue weighted by Gasteiger charge is -2.05. The number of carbonyl (C=O) groups is 1. The summed E-state index contributed by atoms with van der Waals surface area (Å²) in [5, 5.41) is 21.8. The van der Waals surface area contributed by atoms with Crippen LogP contribution in [0, 0.1) is 24.0 Å². The Morgan fingerprint density at radius 1 is 1.33 bits per heavy atom. The van der Waals surface area contributed by atoms with Gasteiger partial charge in [0.2, 0.25) is 5.69 Å². The molecule has 0 aromatic carbocycles. The number of amides is 1. The number of aryl methyl sites for hydroxylation is 4. The fraction of sp³-hybridized carbons (Fsp3) is 0.417. The number of carbonyl (C=O) groups excluding carboxylic acids is 1. The maximum atomic E-state index is 12.2. The minimum absolute atomic E-state index is 0.0589. The van der Waals surface area contributed by atoms with Crippen LogP contribution in [0.15, 0.2) is 6.07 Å². The van der Waals surface area contributed by atoms with Crippen LogP contribution in [0.4, 0.5) is 5.69 Å². The van der Waals surface area contributed by atoms with Crippen LogP contribution in [0.5, 0.6) is 0 Å². The van der Waals surface area contributed by atoms with Crippen molar-refractivity contribution in [1.82, 2.24) is 24.9 Å². The van der Waals surface area contributed by atoms with Crippen molar-refractivity contribution in [2.45, 2.75) is 20.4 Å². The molecule has 0 saturated carbocycles. The van der Waals surface area contributed by atoms with E-state index in [0.717, 1.165) is 11.4 Å². The molecule has 112 valence electrons. The van der Waals surface area contributed by atoms with Crippen molar-refractivity contribution in [2.24, 2.45) is 14.1 Å². The molecule has 2 aromatic rings. The van der Waals surface area contributed by atoms with Crippen molar-refractivity contribution < 1.29 is 9.72 Å². The fourth-order valence-electron chi connectivity index (χ4n) is 2.20. The van der Waals surface area contributed by atoms with Crippen LogP contribution >= 0.6 is 0 Å². The van der Waals surface area contributed by atoms with Crippen molar-refractivity contribution in [2.75, 3.05) is 0 Å². The molecule has 0 aliphatic carbocycles. The number of nitrogens with zero attached hydrogens (tertiary/aromatic N) is 5. The van der Waals surface area contributed by atoms with Gasteiger partial charge in [-0.3, -0.25) is 24.3 Å². The van der Waals surface area contributed by atoms with E-state index < -0.39 is 10.8 Å². The summed E-state index contributed by atoms with van der Waals surface area (Å²) in [5.41, 5.74) is 1.53. The summed E-state index contributed by atoms with van der Waals surface area (Å²) in [6, 6.07) is 1.84. The van der Waals surface area contributed by atoms with Crippen molar-refractivity contribution in [3.63, 3.8) is 0 Å². The molecule has 0 aliphatic heterocycles. The van der Waals surface area contributed by atoms with Gasteiger partial charge in [0.15, 0.2) is 0 Å². The highest BCUT2D eigenvalue weighted by Crippen LogP contribution is 2.22. The van der Waals surface area contributed by atoms with E-state index in [1.54, 1.807) is 11.7 Å². The van der Waals surface area contributed by atoms with Gasteiger partial charge in [-0.2, -0.15) is 10.2 Å². The summed E-state index contributed by atoms with van der Waals surface area (Å²) < 4.78 is 2.87. The van der Waals surface area contributed by atoms with Gasteiger partial charge in [-0.1, -0.05) is 0 Å². The van der Waals surface area contributed by atoms with E-state index in [0.29, 0.717) is 0 Å².